The van der Waals surface area contributed by atoms with Crippen molar-refractivity contribution in [3.8, 4) is 11.4 Å². The average molecular weight is 317 g/mol. The average Bonchev–Trinajstić information content (AvgIpc) is 3.08. The molecule has 2 aromatic heterocycles. The molecule has 0 N–H and O–H groups in total. The molecule has 0 amide bonds. The van der Waals surface area contributed by atoms with E-state index in [1.165, 1.54) is 16.9 Å². The van der Waals surface area contributed by atoms with Gasteiger partial charge in [-0.25, -0.2) is 0 Å². The summed E-state index contributed by atoms with van der Waals surface area (Å²) in [6.07, 6.45) is 1.62. The van der Waals surface area contributed by atoms with E-state index < -0.39 is 4.92 Å². The van der Waals surface area contributed by atoms with Gasteiger partial charge in [0.1, 0.15) is 5.03 Å². The van der Waals surface area contributed by atoms with E-state index in [-0.39, 0.29) is 5.69 Å². The highest BCUT2D eigenvalue weighted by atomic mass is 32.1. The highest BCUT2D eigenvalue weighted by Crippen LogP contribution is 2.21. The number of rotatable bonds is 4. The van der Waals surface area contributed by atoms with Gasteiger partial charge < -0.3 is 0 Å². The predicted molar refractivity (Wildman–Crippen MR) is 79.5 cm³/mol. The summed E-state index contributed by atoms with van der Waals surface area (Å²) in [5, 5.41) is 27.5. The van der Waals surface area contributed by atoms with Gasteiger partial charge in [-0.15, -0.1) is 22.8 Å². The molecule has 22 heavy (non-hydrogen) atoms. The zero-order valence-electron chi connectivity index (χ0n) is 11.5. The standard InChI is InChI=1S/C12H11N7O2S/c1-17-12(22)10(6-13-17)11-14-16-18(15-11)7-8-2-4-9(5-3-8)19(20)21/h2-6,22H,7H2,1H3. The van der Waals surface area contributed by atoms with E-state index in [9.17, 15) is 10.1 Å². The molecule has 0 saturated carbocycles. The molecule has 0 aliphatic heterocycles. The molecule has 0 atom stereocenters. The normalized spacial score (nSPS) is 10.8. The summed E-state index contributed by atoms with van der Waals surface area (Å²) in [6, 6.07) is 6.21. The lowest BCUT2D eigenvalue weighted by Crippen LogP contribution is -2.04. The lowest BCUT2D eigenvalue weighted by atomic mass is 10.2. The Morgan fingerprint density at radius 2 is 2.05 bits per heavy atom. The van der Waals surface area contributed by atoms with Gasteiger partial charge >= 0.3 is 0 Å². The Morgan fingerprint density at radius 3 is 2.64 bits per heavy atom. The summed E-state index contributed by atoms with van der Waals surface area (Å²) in [4.78, 5) is 11.6. The first-order valence-corrected chi connectivity index (χ1v) is 6.72. The molecule has 3 rings (SSSR count). The number of aromatic nitrogens is 6. The molecule has 0 fully saturated rings. The Labute approximate surface area is 130 Å². The lowest BCUT2D eigenvalue weighted by Gasteiger charge is -1.99. The first-order valence-electron chi connectivity index (χ1n) is 6.27. The number of non-ortho nitro benzene ring substituents is 1. The zero-order chi connectivity index (χ0) is 15.7. The fraction of sp³-hybridized carbons (Fsp3) is 0.167. The van der Waals surface area contributed by atoms with Gasteiger partial charge in [-0.2, -0.15) is 9.90 Å². The number of nitrogens with zero attached hydrogens (tertiary/aromatic N) is 7. The van der Waals surface area contributed by atoms with Crippen LogP contribution < -0.4 is 0 Å². The Bertz CT molecular complexity index is 824. The van der Waals surface area contributed by atoms with Crippen molar-refractivity contribution >= 4 is 18.3 Å². The smallest absolute Gasteiger partial charge is 0.262 e. The molecule has 1 aromatic carbocycles. The second-order valence-electron chi connectivity index (χ2n) is 4.57. The summed E-state index contributed by atoms with van der Waals surface area (Å²) >= 11 is 4.33. The molecule has 0 unspecified atom stereocenters. The first kappa shape index (κ1) is 14.2. The Balaban J connectivity index is 1.79. The maximum Gasteiger partial charge on any atom is 0.269 e. The number of benzene rings is 1. The molecule has 0 saturated heterocycles. The van der Waals surface area contributed by atoms with Crippen molar-refractivity contribution in [3.63, 3.8) is 0 Å². The third kappa shape index (κ3) is 2.68. The molecule has 10 heteroatoms. The number of nitro groups is 1. The summed E-state index contributed by atoms with van der Waals surface area (Å²) in [6.45, 7) is 0.368. The van der Waals surface area contributed by atoms with E-state index in [2.05, 4.69) is 33.1 Å². The van der Waals surface area contributed by atoms with Crippen LogP contribution in [0.5, 0.6) is 0 Å². The van der Waals surface area contributed by atoms with Crippen LogP contribution in [0.1, 0.15) is 5.56 Å². The minimum atomic E-state index is -0.438. The van der Waals surface area contributed by atoms with Crippen LogP contribution >= 0.6 is 12.6 Å². The first-order chi connectivity index (χ1) is 10.5. The second kappa shape index (κ2) is 5.56. The van der Waals surface area contributed by atoms with Gasteiger partial charge in [-0.05, 0) is 10.8 Å². The van der Waals surface area contributed by atoms with Crippen molar-refractivity contribution in [2.24, 2.45) is 7.05 Å². The summed E-state index contributed by atoms with van der Waals surface area (Å²) in [7, 11) is 1.77. The van der Waals surface area contributed by atoms with Crippen LogP contribution in [-0.2, 0) is 13.6 Å². The predicted octanol–water partition coefficient (Wildman–Crippen LogP) is 1.32. The second-order valence-corrected chi connectivity index (χ2v) is 5.00. The van der Waals surface area contributed by atoms with E-state index in [1.807, 2.05) is 0 Å². The van der Waals surface area contributed by atoms with E-state index in [4.69, 9.17) is 0 Å². The monoisotopic (exact) mass is 317 g/mol. The fourth-order valence-electron chi connectivity index (χ4n) is 1.89. The van der Waals surface area contributed by atoms with Crippen LogP contribution in [0.15, 0.2) is 35.5 Å². The minimum absolute atomic E-state index is 0.0473. The van der Waals surface area contributed by atoms with Crippen molar-refractivity contribution < 1.29 is 4.92 Å². The Hall–Kier alpha value is -2.75. The number of hydrogen-bond acceptors (Lipinski definition) is 7. The highest BCUT2D eigenvalue weighted by molar-refractivity contribution is 7.80. The van der Waals surface area contributed by atoms with Gasteiger partial charge in [0, 0.05) is 19.2 Å². The van der Waals surface area contributed by atoms with Crippen LogP contribution in [-0.4, -0.2) is 34.9 Å². The summed E-state index contributed by atoms with van der Waals surface area (Å²) < 4.78 is 1.61. The van der Waals surface area contributed by atoms with Crippen molar-refractivity contribution in [1.29, 1.82) is 0 Å². The van der Waals surface area contributed by atoms with E-state index >= 15 is 0 Å². The van der Waals surface area contributed by atoms with Gasteiger partial charge in [0.05, 0.1) is 23.2 Å². The number of nitro benzene ring substituents is 1. The molecule has 0 spiro atoms. The molecular weight excluding hydrogens is 306 g/mol. The largest absolute Gasteiger partial charge is 0.269 e. The van der Waals surface area contributed by atoms with Crippen molar-refractivity contribution in [2.75, 3.05) is 0 Å². The van der Waals surface area contributed by atoms with Gasteiger partial charge in [0.25, 0.3) is 5.69 Å². The van der Waals surface area contributed by atoms with Crippen LogP contribution in [0.2, 0.25) is 0 Å². The SMILES string of the molecule is Cn1ncc(-c2nnn(Cc3ccc([N+](=O)[O-])cc3)n2)c1S. The fourth-order valence-corrected chi connectivity index (χ4v) is 2.10. The molecular formula is C12H11N7O2S. The number of thiol groups is 1. The molecule has 0 aliphatic carbocycles. The van der Waals surface area contributed by atoms with Crippen LogP contribution in [0.25, 0.3) is 11.4 Å². The summed E-state index contributed by atoms with van der Waals surface area (Å²) in [5.74, 6) is 0.431. The Morgan fingerprint density at radius 1 is 1.32 bits per heavy atom. The van der Waals surface area contributed by atoms with Crippen molar-refractivity contribution in [2.45, 2.75) is 11.6 Å². The lowest BCUT2D eigenvalue weighted by molar-refractivity contribution is -0.384. The van der Waals surface area contributed by atoms with Gasteiger partial charge in [-0.1, -0.05) is 12.1 Å². The molecule has 0 aliphatic rings. The molecule has 3 aromatic rings. The molecule has 0 bridgehead atoms. The van der Waals surface area contributed by atoms with Gasteiger partial charge in [0.15, 0.2) is 0 Å². The van der Waals surface area contributed by atoms with Crippen LogP contribution in [0.3, 0.4) is 0 Å². The maximum absolute atomic E-state index is 10.6. The van der Waals surface area contributed by atoms with Crippen LogP contribution in [0.4, 0.5) is 5.69 Å². The van der Waals surface area contributed by atoms with Crippen molar-refractivity contribution in [1.82, 2.24) is 30.0 Å². The number of tetrazole rings is 1. The van der Waals surface area contributed by atoms with E-state index in [0.717, 1.165) is 5.56 Å². The highest BCUT2D eigenvalue weighted by Gasteiger charge is 2.13. The van der Waals surface area contributed by atoms with E-state index in [0.29, 0.717) is 23.0 Å². The quantitative estimate of drug-likeness (QED) is 0.442. The van der Waals surface area contributed by atoms with E-state index in [1.54, 1.807) is 30.1 Å². The zero-order valence-corrected chi connectivity index (χ0v) is 12.4. The Kier molecular flexibility index (Phi) is 3.59. The maximum atomic E-state index is 10.6. The van der Waals surface area contributed by atoms with Crippen LogP contribution in [0, 0.1) is 10.1 Å². The third-order valence-corrected chi connectivity index (χ3v) is 3.60. The third-order valence-electron chi connectivity index (χ3n) is 3.07. The minimum Gasteiger partial charge on any atom is -0.262 e. The number of hydrogen-bond donors (Lipinski definition) is 1. The summed E-state index contributed by atoms with van der Waals surface area (Å²) in [5.41, 5.74) is 1.58. The molecule has 2 heterocycles. The molecule has 112 valence electrons. The molecule has 9 nitrogen and oxygen atoms in total. The van der Waals surface area contributed by atoms with Gasteiger partial charge in [0.2, 0.25) is 5.82 Å². The topological polar surface area (TPSA) is 105 Å². The molecule has 0 radical (unpaired) electrons. The number of aryl methyl sites for hydroxylation is 1. The van der Waals surface area contributed by atoms with Crippen molar-refractivity contribution in [3.05, 3.63) is 46.1 Å². The van der Waals surface area contributed by atoms with Gasteiger partial charge in [-0.3, -0.25) is 14.8 Å².